The highest BCUT2D eigenvalue weighted by Crippen LogP contribution is 2.41. The Morgan fingerprint density at radius 3 is 2.37 bits per heavy atom. The van der Waals surface area contributed by atoms with Crippen LogP contribution in [0.2, 0.25) is 0 Å². The molecule has 1 N–H and O–H groups in total. The van der Waals surface area contributed by atoms with Crippen molar-refractivity contribution in [2.75, 3.05) is 4.90 Å². The van der Waals surface area contributed by atoms with E-state index in [-0.39, 0.29) is 29.4 Å². The van der Waals surface area contributed by atoms with Gasteiger partial charge in [0.2, 0.25) is 0 Å². The monoisotopic (exact) mass is 371 g/mol. The summed E-state index contributed by atoms with van der Waals surface area (Å²) in [7, 11) is 0. The Morgan fingerprint density at radius 1 is 1.11 bits per heavy atom. The molecule has 2 aromatic carbocycles. The van der Waals surface area contributed by atoms with E-state index in [9.17, 15) is 23.5 Å². The van der Waals surface area contributed by atoms with Gasteiger partial charge in [0.15, 0.2) is 11.5 Å². The third-order valence-corrected chi connectivity index (χ3v) is 4.37. The average molecular weight is 371 g/mol. The summed E-state index contributed by atoms with van der Waals surface area (Å²) in [6.45, 7) is 3.70. The number of hydrogen-bond donors (Lipinski definition) is 1. The van der Waals surface area contributed by atoms with Crippen molar-refractivity contribution in [1.82, 2.24) is 0 Å². The second-order valence-corrected chi connectivity index (χ2v) is 6.89. The predicted octanol–water partition coefficient (Wildman–Crippen LogP) is 4.48. The van der Waals surface area contributed by atoms with E-state index < -0.39 is 29.3 Å². The van der Waals surface area contributed by atoms with E-state index in [1.807, 2.05) is 13.8 Å². The second-order valence-electron chi connectivity index (χ2n) is 6.89. The van der Waals surface area contributed by atoms with Crippen molar-refractivity contribution < 1.29 is 23.5 Å². The number of aliphatic hydroxyl groups excluding tert-OH is 1. The Kier molecular flexibility index (Phi) is 5.08. The largest absolute Gasteiger partial charge is 0.503 e. The zero-order valence-electron chi connectivity index (χ0n) is 14.9. The minimum absolute atomic E-state index is 0.0185. The van der Waals surface area contributed by atoms with E-state index >= 15 is 0 Å². The lowest BCUT2D eigenvalue weighted by atomic mass is 9.92. The molecule has 1 heterocycles. The Labute approximate surface area is 155 Å². The van der Waals surface area contributed by atoms with Crippen molar-refractivity contribution in [1.29, 1.82) is 0 Å². The van der Waals surface area contributed by atoms with Crippen LogP contribution in [0.25, 0.3) is 0 Å². The van der Waals surface area contributed by atoms with Crippen molar-refractivity contribution in [2.45, 2.75) is 26.3 Å². The smallest absolute Gasteiger partial charge is 0.294 e. The van der Waals surface area contributed by atoms with Crippen molar-refractivity contribution >= 4 is 17.4 Å². The second kappa shape index (κ2) is 7.31. The van der Waals surface area contributed by atoms with Gasteiger partial charge in [0.05, 0.1) is 11.6 Å². The van der Waals surface area contributed by atoms with Gasteiger partial charge in [0.1, 0.15) is 11.6 Å². The summed E-state index contributed by atoms with van der Waals surface area (Å²) in [5.41, 5.74) is 0.600. The lowest BCUT2D eigenvalue weighted by Crippen LogP contribution is -2.31. The molecule has 0 radical (unpaired) electrons. The number of benzene rings is 2. The van der Waals surface area contributed by atoms with Crippen LogP contribution in [0.3, 0.4) is 0 Å². The van der Waals surface area contributed by atoms with E-state index in [1.165, 1.54) is 47.4 Å². The zero-order chi connectivity index (χ0) is 19.7. The summed E-state index contributed by atoms with van der Waals surface area (Å²) in [6, 6.07) is 9.69. The molecular weight excluding hydrogens is 352 g/mol. The third kappa shape index (κ3) is 3.60. The molecule has 1 atom stereocenters. The van der Waals surface area contributed by atoms with Gasteiger partial charge in [-0.3, -0.25) is 14.5 Å². The fourth-order valence-corrected chi connectivity index (χ4v) is 3.22. The molecule has 3 rings (SSSR count). The van der Waals surface area contributed by atoms with Crippen molar-refractivity contribution in [3.63, 3.8) is 0 Å². The molecule has 1 aliphatic heterocycles. The molecular formula is C21H19F2NO3. The first-order valence-corrected chi connectivity index (χ1v) is 8.60. The van der Waals surface area contributed by atoms with Crippen LogP contribution in [0.15, 0.2) is 59.9 Å². The Hall–Kier alpha value is -3.02. The molecule has 6 heteroatoms. The number of carbonyl (C=O) groups is 2. The Bertz CT molecular complexity index is 919. The van der Waals surface area contributed by atoms with Crippen LogP contribution in [0.4, 0.5) is 14.5 Å². The Morgan fingerprint density at radius 2 is 1.78 bits per heavy atom. The first-order valence-electron chi connectivity index (χ1n) is 8.60. The van der Waals surface area contributed by atoms with Gasteiger partial charge in [0, 0.05) is 12.1 Å². The van der Waals surface area contributed by atoms with E-state index in [1.54, 1.807) is 0 Å². The number of amides is 1. The van der Waals surface area contributed by atoms with Gasteiger partial charge in [-0.15, -0.1) is 0 Å². The minimum atomic E-state index is -0.953. The fraction of sp³-hybridized carbons (Fsp3) is 0.238. The van der Waals surface area contributed by atoms with E-state index in [2.05, 4.69) is 0 Å². The number of anilines is 1. The van der Waals surface area contributed by atoms with Gasteiger partial charge < -0.3 is 5.11 Å². The number of rotatable bonds is 5. The number of carbonyl (C=O) groups excluding carboxylic acids is 2. The van der Waals surface area contributed by atoms with Crippen molar-refractivity contribution in [3.8, 4) is 0 Å². The lowest BCUT2D eigenvalue weighted by molar-refractivity contribution is -0.118. The van der Waals surface area contributed by atoms with Crippen LogP contribution in [0, 0.1) is 17.6 Å². The number of ketones is 1. The molecule has 0 spiro atoms. The van der Waals surface area contributed by atoms with Gasteiger partial charge in [0.25, 0.3) is 5.91 Å². The van der Waals surface area contributed by atoms with Gasteiger partial charge in [-0.2, -0.15) is 0 Å². The highest BCUT2D eigenvalue weighted by atomic mass is 19.1. The lowest BCUT2D eigenvalue weighted by Gasteiger charge is -2.27. The van der Waals surface area contributed by atoms with Gasteiger partial charge in [-0.25, -0.2) is 8.78 Å². The van der Waals surface area contributed by atoms with Gasteiger partial charge in [-0.1, -0.05) is 32.0 Å². The summed E-state index contributed by atoms with van der Waals surface area (Å²) in [4.78, 5) is 26.7. The maximum Gasteiger partial charge on any atom is 0.294 e. The maximum atomic E-state index is 13.7. The molecule has 0 bridgehead atoms. The highest BCUT2D eigenvalue weighted by molar-refractivity contribution is 6.16. The molecule has 0 aromatic heterocycles. The van der Waals surface area contributed by atoms with Crippen LogP contribution in [0.1, 0.15) is 31.9 Å². The molecule has 0 saturated carbocycles. The van der Waals surface area contributed by atoms with Crippen LogP contribution < -0.4 is 4.90 Å². The van der Waals surface area contributed by atoms with Gasteiger partial charge in [-0.05, 0) is 41.8 Å². The molecule has 27 heavy (non-hydrogen) atoms. The highest BCUT2D eigenvalue weighted by Gasteiger charge is 2.44. The average Bonchev–Trinajstić information content (AvgIpc) is 2.86. The third-order valence-electron chi connectivity index (χ3n) is 4.37. The molecule has 1 amide bonds. The standard InChI is InChI=1S/C21H19F2NO3/c1-12(2)10-17(25)18-19(13-6-8-14(22)9-7-13)24(21(27)20(18)26)16-5-3-4-15(23)11-16/h3-9,11-12,19,26H,10H2,1-2H3. The topological polar surface area (TPSA) is 57.6 Å². The van der Waals surface area contributed by atoms with Crippen LogP contribution in [-0.4, -0.2) is 16.8 Å². The summed E-state index contributed by atoms with van der Waals surface area (Å²) in [6.07, 6.45) is 0.140. The molecule has 1 aliphatic rings. The summed E-state index contributed by atoms with van der Waals surface area (Å²) < 4.78 is 27.1. The number of halogens is 2. The number of Topliss-reactive ketones (excluding diaryl/α,β-unsaturated/α-hetero) is 1. The number of hydrogen-bond acceptors (Lipinski definition) is 3. The normalized spacial score (nSPS) is 17.1. The first kappa shape index (κ1) is 18.8. The number of nitrogens with zero attached hydrogens (tertiary/aromatic N) is 1. The van der Waals surface area contributed by atoms with E-state index in [4.69, 9.17) is 0 Å². The molecule has 0 aliphatic carbocycles. The summed E-state index contributed by atoms with van der Waals surface area (Å²) >= 11 is 0. The molecule has 0 saturated heterocycles. The zero-order valence-corrected chi connectivity index (χ0v) is 14.9. The van der Waals surface area contributed by atoms with Crippen molar-refractivity contribution in [3.05, 3.63) is 77.1 Å². The van der Waals surface area contributed by atoms with Crippen LogP contribution >= 0.6 is 0 Å². The summed E-state index contributed by atoms with van der Waals surface area (Å²) in [5, 5.41) is 10.4. The number of aliphatic hydroxyl groups is 1. The predicted molar refractivity (Wildman–Crippen MR) is 97.1 cm³/mol. The first-order chi connectivity index (χ1) is 12.8. The quantitative estimate of drug-likeness (QED) is 0.843. The van der Waals surface area contributed by atoms with Gasteiger partial charge >= 0.3 is 0 Å². The minimum Gasteiger partial charge on any atom is -0.503 e. The summed E-state index contributed by atoms with van der Waals surface area (Å²) in [5.74, 6) is -2.82. The van der Waals surface area contributed by atoms with E-state index in [0.717, 1.165) is 6.07 Å². The fourth-order valence-electron chi connectivity index (χ4n) is 3.22. The molecule has 4 nitrogen and oxygen atoms in total. The van der Waals surface area contributed by atoms with Crippen LogP contribution in [-0.2, 0) is 9.59 Å². The molecule has 0 fully saturated rings. The maximum absolute atomic E-state index is 13.7. The van der Waals surface area contributed by atoms with E-state index in [0.29, 0.717) is 5.56 Å². The van der Waals surface area contributed by atoms with Crippen molar-refractivity contribution in [2.24, 2.45) is 5.92 Å². The molecule has 1 unspecified atom stereocenters. The Balaban J connectivity index is 2.15. The molecule has 140 valence electrons. The SMILES string of the molecule is CC(C)CC(=O)C1=C(O)C(=O)N(c2cccc(F)c2)C1c1ccc(F)cc1. The molecule has 2 aromatic rings. The van der Waals surface area contributed by atoms with Crippen LogP contribution in [0.5, 0.6) is 0 Å².